The average molecular weight is 441 g/mol. The van der Waals surface area contributed by atoms with Crippen molar-refractivity contribution in [1.82, 2.24) is 25.0 Å². The molecule has 6 aromatic rings. The highest BCUT2D eigenvalue weighted by molar-refractivity contribution is 5.77. The molecule has 6 heteroatoms. The van der Waals surface area contributed by atoms with E-state index >= 15 is 0 Å². The minimum atomic E-state index is 0.678. The summed E-state index contributed by atoms with van der Waals surface area (Å²) < 4.78 is 1.76. The molecule has 0 amide bonds. The van der Waals surface area contributed by atoms with E-state index in [2.05, 4.69) is 61.6 Å². The highest BCUT2D eigenvalue weighted by Gasteiger charge is 2.13. The van der Waals surface area contributed by atoms with Gasteiger partial charge >= 0.3 is 0 Å². The molecule has 6 nitrogen and oxygen atoms in total. The van der Waals surface area contributed by atoms with Crippen molar-refractivity contribution in [2.45, 2.75) is 0 Å². The summed E-state index contributed by atoms with van der Waals surface area (Å²) in [5.41, 5.74) is 7.23. The summed E-state index contributed by atoms with van der Waals surface area (Å²) in [4.78, 5) is 11.4. The minimum absolute atomic E-state index is 0.678. The fourth-order valence-electron chi connectivity index (χ4n) is 3.94. The second kappa shape index (κ2) is 8.60. The fraction of sp³-hybridized carbons (Fsp3) is 0. The summed E-state index contributed by atoms with van der Waals surface area (Å²) in [7, 11) is 0. The molecule has 0 radical (unpaired) electrons. The zero-order valence-electron chi connectivity index (χ0n) is 18.2. The van der Waals surface area contributed by atoms with Crippen molar-refractivity contribution in [1.29, 1.82) is 0 Å². The van der Waals surface area contributed by atoms with Gasteiger partial charge in [-0.1, -0.05) is 53.7 Å². The van der Waals surface area contributed by atoms with Crippen molar-refractivity contribution in [3.05, 3.63) is 122 Å². The standard InChI is InChI=1S/C28H20N6/c1-3-9-22(10-4-1)34(23-11-5-2-6-12-23)24-17-15-21(16-18-24)33-20-28(31-32-33)27-19-29-25-13-7-8-14-26(25)30-27/h1-20H. The number of anilines is 3. The Morgan fingerprint density at radius 1 is 0.559 bits per heavy atom. The Kier molecular flexibility index (Phi) is 5.01. The molecule has 4 aromatic carbocycles. The number of para-hydroxylation sites is 4. The third-order valence-electron chi connectivity index (χ3n) is 5.61. The van der Waals surface area contributed by atoms with Crippen LogP contribution in [0.25, 0.3) is 28.1 Å². The van der Waals surface area contributed by atoms with Crippen LogP contribution in [0.5, 0.6) is 0 Å². The molecule has 0 fully saturated rings. The summed E-state index contributed by atoms with van der Waals surface area (Å²) in [6.45, 7) is 0. The number of fused-ring (bicyclic) bond motifs is 1. The van der Waals surface area contributed by atoms with Crippen molar-refractivity contribution < 1.29 is 0 Å². The first-order valence-electron chi connectivity index (χ1n) is 11.0. The molecule has 34 heavy (non-hydrogen) atoms. The van der Waals surface area contributed by atoms with E-state index in [9.17, 15) is 0 Å². The number of benzene rings is 4. The van der Waals surface area contributed by atoms with Gasteiger partial charge in [0.2, 0.25) is 0 Å². The van der Waals surface area contributed by atoms with Gasteiger partial charge in [-0.25, -0.2) is 9.67 Å². The third-order valence-corrected chi connectivity index (χ3v) is 5.61. The summed E-state index contributed by atoms with van der Waals surface area (Å²) in [6, 6.07) is 36.7. The van der Waals surface area contributed by atoms with Gasteiger partial charge in [0, 0.05) is 17.1 Å². The zero-order valence-corrected chi connectivity index (χ0v) is 18.2. The molecular weight excluding hydrogens is 420 g/mol. The SMILES string of the molecule is c1ccc(N(c2ccccc2)c2ccc(-n3cc(-c4cnc5ccccc5n4)nn3)cc2)cc1. The molecule has 0 atom stereocenters. The molecule has 0 saturated carbocycles. The van der Waals surface area contributed by atoms with Crippen molar-refractivity contribution in [3.8, 4) is 17.1 Å². The zero-order chi connectivity index (χ0) is 22.7. The van der Waals surface area contributed by atoms with Crippen LogP contribution in [0, 0.1) is 0 Å². The summed E-state index contributed by atoms with van der Waals surface area (Å²) >= 11 is 0. The van der Waals surface area contributed by atoms with Crippen LogP contribution in [-0.4, -0.2) is 25.0 Å². The van der Waals surface area contributed by atoms with Crippen LogP contribution in [0.15, 0.2) is 122 Å². The molecule has 0 bridgehead atoms. The van der Waals surface area contributed by atoms with Crippen molar-refractivity contribution >= 4 is 28.1 Å². The van der Waals surface area contributed by atoms with Crippen molar-refractivity contribution in [2.75, 3.05) is 4.90 Å². The minimum Gasteiger partial charge on any atom is -0.311 e. The molecule has 0 aliphatic rings. The van der Waals surface area contributed by atoms with E-state index < -0.39 is 0 Å². The summed E-state index contributed by atoms with van der Waals surface area (Å²) in [5, 5.41) is 8.64. The molecule has 0 aliphatic heterocycles. The Hall–Kier alpha value is -4.84. The Morgan fingerprint density at radius 2 is 1.15 bits per heavy atom. The Bertz CT molecular complexity index is 1500. The molecular formula is C28H20N6. The molecule has 2 heterocycles. The predicted molar refractivity (Wildman–Crippen MR) is 135 cm³/mol. The molecule has 2 aromatic heterocycles. The van der Waals surface area contributed by atoms with Crippen LogP contribution in [0.1, 0.15) is 0 Å². The van der Waals surface area contributed by atoms with E-state index in [0.29, 0.717) is 11.4 Å². The van der Waals surface area contributed by atoms with Gasteiger partial charge in [0.15, 0.2) is 0 Å². The highest BCUT2D eigenvalue weighted by Crippen LogP contribution is 2.34. The van der Waals surface area contributed by atoms with Crippen LogP contribution < -0.4 is 4.90 Å². The highest BCUT2D eigenvalue weighted by atomic mass is 15.4. The van der Waals surface area contributed by atoms with Gasteiger partial charge in [-0.2, -0.15) is 0 Å². The van der Waals surface area contributed by atoms with Gasteiger partial charge in [-0.15, -0.1) is 5.10 Å². The lowest BCUT2D eigenvalue weighted by atomic mass is 10.2. The van der Waals surface area contributed by atoms with Crippen LogP contribution in [0.2, 0.25) is 0 Å². The normalized spacial score (nSPS) is 10.9. The number of nitrogens with zero attached hydrogens (tertiary/aromatic N) is 6. The fourth-order valence-corrected chi connectivity index (χ4v) is 3.94. The van der Waals surface area contributed by atoms with Gasteiger partial charge in [-0.05, 0) is 60.7 Å². The Labute approximate surface area is 196 Å². The van der Waals surface area contributed by atoms with E-state index in [0.717, 1.165) is 33.8 Å². The second-order valence-electron chi connectivity index (χ2n) is 7.82. The number of hydrogen-bond donors (Lipinski definition) is 0. The largest absolute Gasteiger partial charge is 0.311 e. The maximum atomic E-state index is 4.67. The van der Waals surface area contributed by atoms with Crippen LogP contribution >= 0.6 is 0 Å². The lowest BCUT2D eigenvalue weighted by Gasteiger charge is -2.25. The van der Waals surface area contributed by atoms with Crippen LogP contribution in [0.3, 0.4) is 0 Å². The Balaban J connectivity index is 1.32. The van der Waals surface area contributed by atoms with Gasteiger partial charge < -0.3 is 4.90 Å². The van der Waals surface area contributed by atoms with Crippen LogP contribution in [-0.2, 0) is 0 Å². The first-order valence-corrected chi connectivity index (χ1v) is 11.0. The van der Waals surface area contributed by atoms with E-state index in [1.165, 1.54) is 0 Å². The third kappa shape index (κ3) is 3.78. The molecule has 6 rings (SSSR count). The molecule has 0 aliphatic carbocycles. The number of aromatic nitrogens is 5. The molecule has 0 N–H and O–H groups in total. The summed E-state index contributed by atoms with van der Waals surface area (Å²) in [6.07, 6.45) is 3.61. The predicted octanol–water partition coefficient (Wildman–Crippen LogP) is 6.35. The van der Waals surface area contributed by atoms with Gasteiger partial charge in [0.05, 0.1) is 29.1 Å². The molecule has 162 valence electrons. The first kappa shape index (κ1) is 19.8. The monoisotopic (exact) mass is 440 g/mol. The van der Waals surface area contributed by atoms with E-state index in [1.807, 2.05) is 79.0 Å². The molecule has 0 unspecified atom stereocenters. The first-order chi connectivity index (χ1) is 16.8. The molecule has 0 saturated heterocycles. The lowest BCUT2D eigenvalue weighted by Crippen LogP contribution is -2.09. The average Bonchev–Trinajstić information content (AvgIpc) is 3.41. The topological polar surface area (TPSA) is 59.7 Å². The maximum absolute atomic E-state index is 4.67. The van der Waals surface area contributed by atoms with Gasteiger partial charge in [-0.3, -0.25) is 4.98 Å². The Morgan fingerprint density at radius 3 is 1.82 bits per heavy atom. The van der Waals surface area contributed by atoms with Crippen molar-refractivity contribution in [3.63, 3.8) is 0 Å². The van der Waals surface area contributed by atoms with Crippen molar-refractivity contribution in [2.24, 2.45) is 0 Å². The quantitative estimate of drug-likeness (QED) is 0.313. The smallest absolute Gasteiger partial charge is 0.133 e. The van der Waals surface area contributed by atoms with E-state index in [-0.39, 0.29) is 0 Å². The molecule has 0 spiro atoms. The second-order valence-corrected chi connectivity index (χ2v) is 7.82. The summed E-state index contributed by atoms with van der Waals surface area (Å²) in [5.74, 6) is 0. The van der Waals surface area contributed by atoms with Crippen LogP contribution in [0.4, 0.5) is 17.1 Å². The maximum Gasteiger partial charge on any atom is 0.133 e. The van der Waals surface area contributed by atoms with E-state index in [4.69, 9.17) is 0 Å². The van der Waals surface area contributed by atoms with Gasteiger partial charge in [0.25, 0.3) is 0 Å². The lowest BCUT2D eigenvalue weighted by molar-refractivity contribution is 0.803. The number of rotatable bonds is 5. The number of hydrogen-bond acceptors (Lipinski definition) is 5. The van der Waals surface area contributed by atoms with E-state index in [1.54, 1.807) is 10.9 Å². The van der Waals surface area contributed by atoms with Gasteiger partial charge in [0.1, 0.15) is 11.4 Å².